The van der Waals surface area contributed by atoms with Crippen molar-refractivity contribution in [1.29, 1.82) is 0 Å². The van der Waals surface area contributed by atoms with Gasteiger partial charge in [0.25, 0.3) is 6.08 Å². The van der Waals surface area contributed by atoms with Crippen molar-refractivity contribution in [1.82, 2.24) is 14.9 Å². The van der Waals surface area contributed by atoms with Crippen molar-refractivity contribution in [2.24, 2.45) is 0 Å². The standard InChI is InChI=1S/C8H11F2N3.ClH/c9-7-5-13(8(10)12-7)6-2-1-3-11-4-6;/h5-6,11H,1-4H2;1H. The van der Waals surface area contributed by atoms with Crippen molar-refractivity contribution in [2.45, 2.75) is 18.9 Å². The van der Waals surface area contributed by atoms with Crippen LogP contribution in [0.25, 0.3) is 0 Å². The van der Waals surface area contributed by atoms with E-state index in [2.05, 4.69) is 10.3 Å². The Bertz CT molecular complexity index is 297. The van der Waals surface area contributed by atoms with Crippen molar-refractivity contribution >= 4 is 12.4 Å². The average molecular weight is 224 g/mol. The second-order valence-electron chi connectivity index (χ2n) is 3.24. The SMILES string of the molecule is Cl.Fc1cn(C2CCCNC2)c(F)n1. The van der Waals surface area contributed by atoms with Gasteiger partial charge in [0.2, 0.25) is 5.95 Å². The lowest BCUT2D eigenvalue weighted by molar-refractivity contribution is 0.327. The van der Waals surface area contributed by atoms with Crippen molar-refractivity contribution in [3.63, 3.8) is 0 Å². The van der Waals surface area contributed by atoms with E-state index >= 15 is 0 Å². The summed E-state index contributed by atoms with van der Waals surface area (Å²) in [5.74, 6) is -0.747. The van der Waals surface area contributed by atoms with Crippen LogP contribution in [-0.4, -0.2) is 22.6 Å². The van der Waals surface area contributed by atoms with Gasteiger partial charge in [0.05, 0.1) is 6.20 Å². The van der Waals surface area contributed by atoms with Crippen molar-refractivity contribution in [3.8, 4) is 0 Å². The fourth-order valence-electron chi connectivity index (χ4n) is 1.67. The molecule has 1 aliphatic heterocycles. The minimum Gasteiger partial charge on any atom is -0.315 e. The fraction of sp³-hybridized carbons (Fsp3) is 0.625. The summed E-state index contributed by atoms with van der Waals surface area (Å²) >= 11 is 0. The maximum Gasteiger partial charge on any atom is 0.292 e. The molecule has 1 fully saturated rings. The predicted molar refractivity (Wildman–Crippen MR) is 50.5 cm³/mol. The molecule has 80 valence electrons. The van der Waals surface area contributed by atoms with Crippen molar-refractivity contribution in [3.05, 3.63) is 18.2 Å². The summed E-state index contributed by atoms with van der Waals surface area (Å²) in [6, 6.07) is 0.00532. The summed E-state index contributed by atoms with van der Waals surface area (Å²) in [5.41, 5.74) is 0. The average Bonchev–Trinajstić information content (AvgIpc) is 2.47. The first-order chi connectivity index (χ1) is 6.27. The number of aromatic nitrogens is 2. The van der Waals surface area contributed by atoms with Crippen molar-refractivity contribution < 1.29 is 8.78 Å². The normalized spacial score (nSPS) is 21.7. The van der Waals surface area contributed by atoms with Gasteiger partial charge in [-0.25, -0.2) is 0 Å². The minimum absolute atomic E-state index is 0. The zero-order valence-electron chi connectivity index (χ0n) is 7.54. The van der Waals surface area contributed by atoms with Crippen LogP contribution < -0.4 is 5.32 Å². The molecule has 1 aliphatic rings. The minimum atomic E-state index is -0.747. The van der Waals surface area contributed by atoms with Gasteiger partial charge in [0.15, 0.2) is 0 Å². The lowest BCUT2D eigenvalue weighted by Crippen LogP contribution is -2.32. The first-order valence-corrected chi connectivity index (χ1v) is 4.38. The van der Waals surface area contributed by atoms with Crippen LogP contribution >= 0.6 is 12.4 Å². The first-order valence-electron chi connectivity index (χ1n) is 4.38. The van der Waals surface area contributed by atoms with Gasteiger partial charge in [0, 0.05) is 12.6 Å². The molecule has 1 atom stereocenters. The van der Waals surface area contributed by atoms with Gasteiger partial charge < -0.3 is 9.88 Å². The number of halogens is 3. The molecular weight excluding hydrogens is 212 g/mol. The summed E-state index contributed by atoms with van der Waals surface area (Å²) in [6.07, 6.45) is 2.25. The third-order valence-electron chi connectivity index (χ3n) is 2.32. The molecule has 14 heavy (non-hydrogen) atoms. The molecule has 2 rings (SSSR count). The van der Waals surface area contributed by atoms with Crippen LogP contribution in [0.5, 0.6) is 0 Å². The maximum absolute atomic E-state index is 13.0. The van der Waals surface area contributed by atoms with Gasteiger partial charge in [-0.05, 0) is 19.4 Å². The highest BCUT2D eigenvalue weighted by Gasteiger charge is 2.18. The number of nitrogens with one attached hydrogen (secondary N) is 1. The number of imidazole rings is 1. The highest BCUT2D eigenvalue weighted by molar-refractivity contribution is 5.85. The Balaban J connectivity index is 0.000000980. The van der Waals surface area contributed by atoms with Gasteiger partial charge in [-0.15, -0.1) is 12.4 Å². The molecule has 3 nitrogen and oxygen atoms in total. The lowest BCUT2D eigenvalue weighted by Gasteiger charge is -2.23. The highest BCUT2D eigenvalue weighted by Crippen LogP contribution is 2.18. The van der Waals surface area contributed by atoms with Gasteiger partial charge in [-0.3, -0.25) is 0 Å². The summed E-state index contributed by atoms with van der Waals surface area (Å²) in [6.45, 7) is 1.64. The molecular formula is C8H12ClF2N3. The molecule has 6 heteroatoms. The van der Waals surface area contributed by atoms with Crippen LogP contribution in [0, 0.1) is 12.0 Å². The molecule has 0 saturated carbocycles. The number of piperidine rings is 1. The van der Waals surface area contributed by atoms with Crippen LogP contribution in [0.2, 0.25) is 0 Å². The number of rotatable bonds is 1. The van der Waals surface area contributed by atoms with E-state index in [9.17, 15) is 8.78 Å². The zero-order chi connectivity index (χ0) is 9.26. The van der Waals surface area contributed by atoms with Gasteiger partial charge in [-0.1, -0.05) is 0 Å². The Morgan fingerprint density at radius 1 is 1.50 bits per heavy atom. The third-order valence-corrected chi connectivity index (χ3v) is 2.32. The van der Waals surface area contributed by atoms with Crippen molar-refractivity contribution in [2.75, 3.05) is 13.1 Å². The van der Waals surface area contributed by atoms with E-state index < -0.39 is 12.0 Å². The lowest BCUT2D eigenvalue weighted by atomic mass is 10.1. The van der Waals surface area contributed by atoms with E-state index in [1.165, 1.54) is 4.57 Å². The summed E-state index contributed by atoms with van der Waals surface area (Å²) < 4.78 is 26.8. The van der Waals surface area contributed by atoms with Crippen LogP contribution in [0.1, 0.15) is 18.9 Å². The topological polar surface area (TPSA) is 29.9 Å². The summed E-state index contributed by atoms with van der Waals surface area (Å²) in [7, 11) is 0. The number of hydrogen-bond acceptors (Lipinski definition) is 2. The monoisotopic (exact) mass is 223 g/mol. The number of hydrogen-bond donors (Lipinski definition) is 1. The van der Waals surface area contributed by atoms with E-state index in [-0.39, 0.29) is 18.4 Å². The third kappa shape index (κ3) is 2.22. The van der Waals surface area contributed by atoms with Gasteiger partial charge in [-0.2, -0.15) is 13.8 Å². The second-order valence-corrected chi connectivity index (χ2v) is 3.24. The molecule has 1 unspecified atom stereocenters. The molecule has 1 aromatic rings. The Morgan fingerprint density at radius 3 is 2.79 bits per heavy atom. The second kappa shape index (κ2) is 4.70. The maximum atomic E-state index is 13.0. The molecule has 0 aliphatic carbocycles. The molecule has 0 aromatic carbocycles. The zero-order valence-corrected chi connectivity index (χ0v) is 8.36. The fourth-order valence-corrected chi connectivity index (χ4v) is 1.67. The van der Waals surface area contributed by atoms with Crippen LogP contribution in [0.4, 0.5) is 8.78 Å². The quantitative estimate of drug-likeness (QED) is 0.782. The Hall–Kier alpha value is -0.680. The van der Waals surface area contributed by atoms with Crippen LogP contribution in [-0.2, 0) is 0 Å². The Labute approximate surface area is 86.9 Å². The molecule has 2 heterocycles. The van der Waals surface area contributed by atoms with E-state index in [1.807, 2.05) is 0 Å². The highest BCUT2D eigenvalue weighted by atomic mass is 35.5. The van der Waals surface area contributed by atoms with Gasteiger partial charge >= 0.3 is 0 Å². The van der Waals surface area contributed by atoms with E-state index in [0.717, 1.165) is 25.6 Å². The molecule has 0 radical (unpaired) electrons. The largest absolute Gasteiger partial charge is 0.315 e. The van der Waals surface area contributed by atoms with Crippen LogP contribution in [0.15, 0.2) is 6.20 Å². The van der Waals surface area contributed by atoms with Crippen LogP contribution in [0.3, 0.4) is 0 Å². The summed E-state index contributed by atoms with van der Waals surface area (Å²) in [4.78, 5) is 3.09. The summed E-state index contributed by atoms with van der Waals surface area (Å²) in [5, 5.41) is 3.13. The first kappa shape index (κ1) is 11.4. The molecule has 1 aromatic heterocycles. The molecule has 1 saturated heterocycles. The molecule has 0 amide bonds. The predicted octanol–water partition coefficient (Wildman–Crippen LogP) is 1.51. The van der Waals surface area contributed by atoms with E-state index in [4.69, 9.17) is 0 Å². The molecule has 0 bridgehead atoms. The van der Waals surface area contributed by atoms with E-state index in [0.29, 0.717) is 6.54 Å². The molecule has 0 spiro atoms. The number of nitrogens with zero attached hydrogens (tertiary/aromatic N) is 2. The molecule has 1 N–H and O–H groups in total. The van der Waals surface area contributed by atoms with E-state index in [1.54, 1.807) is 0 Å². The Morgan fingerprint density at radius 2 is 2.29 bits per heavy atom. The Kier molecular flexibility index (Phi) is 3.83. The smallest absolute Gasteiger partial charge is 0.292 e. The van der Waals surface area contributed by atoms with Gasteiger partial charge in [0.1, 0.15) is 0 Å².